The Morgan fingerprint density at radius 1 is 1.21 bits per heavy atom. The van der Waals surface area contributed by atoms with Crippen molar-refractivity contribution in [1.29, 1.82) is 0 Å². The van der Waals surface area contributed by atoms with Gasteiger partial charge in [0.15, 0.2) is 0 Å². The Morgan fingerprint density at radius 2 is 2.00 bits per heavy atom. The van der Waals surface area contributed by atoms with E-state index in [9.17, 15) is 4.79 Å². The number of nitrogens with zero attached hydrogens (tertiary/aromatic N) is 1. The van der Waals surface area contributed by atoms with Gasteiger partial charge in [0, 0.05) is 17.1 Å². The average Bonchev–Trinajstić information content (AvgIpc) is 3.10. The van der Waals surface area contributed by atoms with Crippen LogP contribution in [0.15, 0.2) is 54.6 Å². The third-order valence-electron chi connectivity index (χ3n) is 3.55. The van der Waals surface area contributed by atoms with Crippen LogP contribution in [0.2, 0.25) is 5.02 Å². The number of hydrogen-bond acceptors (Lipinski definition) is 3. The molecular weight excluding hydrogens is 326 g/mol. The number of nitrogens with one attached hydrogen (secondary N) is 2. The number of carbonyl (C=O) groups excluding carboxylic acids is 1. The zero-order valence-corrected chi connectivity index (χ0v) is 13.8. The largest absolute Gasteiger partial charge is 0.497 e. The van der Waals surface area contributed by atoms with Gasteiger partial charge in [0.1, 0.15) is 11.4 Å². The number of amides is 1. The minimum Gasteiger partial charge on any atom is -0.497 e. The SMILES string of the molecule is COc1ccc(CNC(=O)c2cc(-c3cccc(Cl)c3)n[nH]2)cc1. The van der Waals surface area contributed by atoms with Gasteiger partial charge in [-0.05, 0) is 35.9 Å². The number of aromatic amines is 1. The van der Waals surface area contributed by atoms with Crippen LogP contribution in [0.4, 0.5) is 0 Å². The lowest BCUT2D eigenvalue weighted by Crippen LogP contribution is -2.23. The first-order valence-electron chi connectivity index (χ1n) is 7.38. The first kappa shape index (κ1) is 16.1. The Morgan fingerprint density at radius 3 is 2.71 bits per heavy atom. The zero-order valence-electron chi connectivity index (χ0n) is 13.0. The summed E-state index contributed by atoms with van der Waals surface area (Å²) in [7, 11) is 1.62. The van der Waals surface area contributed by atoms with E-state index in [1.54, 1.807) is 25.3 Å². The highest BCUT2D eigenvalue weighted by atomic mass is 35.5. The summed E-state index contributed by atoms with van der Waals surface area (Å²) in [5.41, 5.74) is 2.91. The third kappa shape index (κ3) is 3.75. The topological polar surface area (TPSA) is 67.0 Å². The fraction of sp³-hybridized carbons (Fsp3) is 0.111. The highest BCUT2D eigenvalue weighted by Gasteiger charge is 2.11. The van der Waals surface area contributed by atoms with Crippen LogP contribution in [0.3, 0.4) is 0 Å². The van der Waals surface area contributed by atoms with Crippen molar-refractivity contribution in [3.8, 4) is 17.0 Å². The molecule has 0 fully saturated rings. The summed E-state index contributed by atoms with van der Waals surface area (Å²) >= 11 is 5.98. The molecule has 5 nitrogen and oxygen atoms in total. The van der Waals surface area contributed by atoms with Crippen molar-refractivity contribution in [2.45, 2.75) is 6.54 Å². The van der Waals surface area contributed by atoms with Gasteiger partial charge < -0.3 is 10.1 Å². The Labute approximate surface area is 144 Å². The van der Waals surface area contributed by atoms with Gasteiger partial charge in [-0.1, -0.05) is 35.9 Å². The molecule has 0 saturated carbocycles. The Bertz CT molecular complexity index is 843. The van der Waals surface area contributed by atoms with E-state index in [0.717, 1.165) is 16.9 Å². The lowest BCUT2D eigenvalue weighted by molar-refractivity contribution is 0.0946. The van der Waals surface area contributed by atoms with Crippen LogP contribution < -0.4 is 10.1 Å². The number of halogens is 1. The van der Waals surface area contributed by atoms with E-state index in [2.05, 4.69) is 15.5 Å². The molecule has 3 rings (SSSR count). The van der Waals surface area contributed by atoms with Gasteiger partial charge in [0.05, 0.1) is 12.8 Å². The number of ether oxygens (including phenoxy) is 1. The second-order valence-corrected chi connectivity index (χ2v) is 5.64. The molecule has 0 aliphatic carbocycles. The van der Waals surface area contributed by atoms with Crippen molar-refractivity contribution in [2.24, 2.45) is 0 Å². The molecule has 2 N–H and O–H groups in total. The first-order chi connectivity index (χ1) is 11.7. The average molecular weight is 342 g/mol. The summed E-state index contributed by atoms with van der Waals surface area (Å²) in [6.45, 7) is 0.425. The van der Waals surface area contributed by atoms with Gasteiger partial charge in [-0.3, -0.25) is 9.89 Å². The van der Waals surface area contributed by atoms with Crippen LogP contribution in [-0.2, 0) is 6.54 Å². The molecule has 0 atom stereocenters. The molecule has 0 aliphatic heterocycles. The number of aromatic nitrogens is 2. The summed E-state index contributed by atoms with van der Waals surface area (Å²) in [4.78, 5) is 12.2. The number of rotatable bonds is 5. The number of hydrogen-bond donors (Lipinski definition) is 2. The highest BCUT2D eigenvalue weighted by molar-refractivity contribution is 6.30. The quantitative estimate of drug-likeness (QED) is 0.744. The molecule has 0 bridgehead atoms. The van der Waals surface area contributed by atoms with Gasteiger partial charge in [0.25, 0.3) is 5.91 Å². The monoisotopic (exact) mass is 341 g/mol. The number of methoxy groups -OCH3 is 1. The van der Waals surface area contributed by atoms with Crippen molar-refractivity contribution in [2.75, 3.05) is 7.11 Å². The summed E-state index contributed by atoms with van der Waals surface area (Å²) in [5.74, 6) is 0.566. The standard InChI is InChI=1S/C18H16ClN3O2/c1-24-15-7-5-12(6-8-15)11-20-18(23)17-10-16(21-22-17)13-3-2-4-14(19)9-13/h2-10H,11H2,1H3,(H,20,23)(H,21,22). The fourth-order valence-electron chi connectivity index (χ4n) is 2.25. The second kappa shape index (κ2) is 7.19. The van der Waals surface area contributed by atoms with E-state index in [1.165, 1.54) is 0 Å². The van der Waals surface area contributed by atoms with E-state index >= 15 is 0 Å². The third-order valence-corrected chi connectivity index (χ3v) is 3.79. The van der Waals surface area contributed by atoms with Gasteiger partial charge in [-0.25, -0.2) is 0 Å². The first-order valence-corrected chi connectivity index (χ1v) is 7.76. The summed E-state index contributed by atoms with van der Waals surface area (Å²) < 4.78 is 5.11. The Balaban J connectivity index is 1.65. The van der Waals surface area contributed by atoms with Crippen LogP contribution in [0.5, 0.6) is 5.75 Å². The minimum absolute atomic E-state index is 0.216. The fourth-order valence-corrected chi connectivity index (χ4v) is 2.44. The van der Waals surface area contributed by atoms with Gasteiger partial charge >= 0.3 is 0 Å². The van der Waals surface area contributed by atoms with Crippen molar-refractivity contribution in [1.82, 2.24) is 15.5 Å². The highest BCUT2D eigenvalue weighted by Crippen LogP contribution is 2.21. The summed E-state index contributed by atoms with van der Waals surface area (Å²) in [5, 5.41) is 10.4. The maximum atomic E-state index is 12.2. The molecule has 6 heteroatoms. The van der Waals surface area contributed by atoms with Crippen molar-refractivity contribution >= 4 is 17.5 Å². The van der Waals surface area contributed by atoms with Crippen LogP contribution in [-0.4, -0.2) is 23.2 Å². The van der Waals surface area contributed by atoms with E-state index in [0.29, 0.717) is 23.0 Å². The minimum atomic E-state index is -0.216. The lowest BCUT2D eigenvalue weighted by Gasteiger charge is -2.05. The molecule has 0 aliphatic rings. The zero-order chi connectivity index (χ0) is 16.9. The summed E-state index contributed by atoms with van der Waals surface area (Å²) in [6.07, 6.45) is 0. The van der Waals surface area contributed by atoms with Crippen molar-refractivity contribution in [3.05, 3.63) is 70.9 Å². The second-order valence-electron chi connectivity index (χ2n) is 5.21. The Kier molecular flexibility index (Phi) is 4.82. The van der Waals surface area contributed by atoms with Crippen LogP contribution in [0.1, 0.15) is 16.1 Å². The molecule has 0 radical (unpaired) electrons. The van der Waals surface area contributed by atoms with Crippen LogP contribution in [0, 0.1) is 0 Å². The molecule has 0 spiro atoms. The van der Waals surface area contributed by atoms with E-state index in [-0.39, 0.29) is 5.91 Å². The lowest BCUT2D eigenvalue weighted by atomic mass is 10.1. The Hall–Kier alpha value is -2.79. The molecule has 2 aromatic carbocycles. The van der Waals surface area contributed by atoms with Gasteiger partial charge in [-0.15, -0.1) is 0 Å². The smallest absolute Gasteiger partial charge is 0.269 e. The number of benzene rings is 2. The predicted octanol–water partition coefficient (Wildman–Crippen LogP) is 3.67. The van der Waals surface area contributed by atoms with Crippen LogP contribution in [0.25, 0.3) is 11.3 Å². The van der Waals surface area contributed by atoms with E-state index in [4.69, 9.17) is 16.3 Å². The molecule has 3 aromatic rings. The normalized spacial score (nSPS) is 10.4. The van der Waals surface area contributed by atoms with Crippen molar-refractivity contribution in [3.63, 3.8) is 0 Å². The molecule has 1 amide bonds. The van der Waals surface area contributed by atoms with Gasteiger partial charge in [0.2, 0.25) is 0 Å². The van der Waals surface area contributed by atoms with Gasteiger partial charge in [-0.2, -0.15) is 5.10 Å². The van der Waals surface area contributed by atoms with E-state index < -0.39 is 0 Å². The molecule has 0 saturated heterocycles. The molecular formula is C18H16ClN3O2. The molecule has 1 heterocycles. The predicted molar refractivity (Wildman–Crippen MR) is 93.2 cm³/mol. The van der Waals surface area contributed by atoms with Crippen molar-refractivity contribution < 1.29 is 9.53 Å². The molecule has 0 unspecified atom stereocenters. The van der Waals surface area contributed by atoms with Crippen LogP contribution >= 0.6 is 11.6 Å². The maximum absolute atomic E-state index is 12.2. The maximum Gasteiger partial charge on any atom is 0.269 e. The molecule has 122 valence electrons. The number of H-pyrrole nitrogens is 1. The summed E-state index contributed by atoms with van der Waals surface area (Å²) in [6, 6.07) is 16.6. The molecule has 24 heavy (non-hydrogen) atoms. The van der Waals surface area contributed by atoms with E-state index in [1.807, 2.05) is 36.4 Å². The number of carbonyl (C=O) groups is 1. The molecule has 1 aromatic heterocycles.